The van der Waals surface area contributed by atoms with Crippen molar-refractivity contribution < 1.29 is 19.4 Å². The fourth-order valence-electron chi connectivity index (χ4n) is 4.74. The van der Waals surface area contributed by atoms with Crippen LogP contribution < -0.4 is 5.32 Å². The second-order valence-electron chi connectivity index (χ2n) is 8.38. The average molecular weight is 440 g/mol. The Kier molecular flexibility index (Phi) is 5.34. The molecule has 1 aromatic heterocycles. The first-order valence-corrected chi connectivity index (χ1v) is 10.9. The number of benzene rings is 3. The number of aromatic amines is 1. The monoisotopic (exact) mass is 440 g/mol. The number of hydrogen-bond donors (Lipinski definition) is 3. The van der Waals surface area contributed by atoms with Crippen LogP contribution in [0, 0.1) is 6.92 Å². The molecule has 0 fully saturated rings. The molecule has 1 aliphatic carbocycles. The van der Waals surface area contributed by atoms with E-state index in [9.17, 15) is 14.7 Å². The Morgan fingerprint density at radius 1 is 1.00 bits per heavy atom. The lowest BCUT2D eigenvalue weighted by Crippen LogP contribution is -2.42. The maximum absolute atomic E-state index is 12.6. The largest absolute Gasteiger partial charge is 0.480 e. The Bertz CT molecular complexity index is 1310. The SMILES string of the molecule is Cc1cccc2c(C[C@H](NC(=O)OCC3c4ccccc4-c4ccccc43)C(=O)O)c[nH]c12. The number of carbonyl (C=O) groups excluding carboxylic acids is 1. The first-order valence-electron chi connectivity index (χ1n) is 10.9. The number of amides is 1. The van der Waals surface area contributed by atoms with Crippen LogP contribution in [0.5, 0.6) is 0 Å². The third kappa shape index (κ3) is 3.84. The molecule has 0 saturated heterocycles. The Balaban J connectivity index is 1.29. The normalized spacial score (nSPS) is 13.4. The van der Waals surface area contributed by atoms with Crippen LogP contribution in [0.2, 0.25) is 0 Å². The standard InChI is InChI=1S/C27H24N2O4/c1-16-7-6-12-18-17(14-28-25(16)18)13-24(26(30)31)29-27(32)33-15-23-21-10-4-2-8-19(21)20-9-3-5-11-22(20)23/h2-12,14,23-24,28H,13,15H2,1H3,(H,29,32)(H,30,31)/t24-/m0/s1. The van der Waals surface area contributed by atoms with Gasteiger partial charge in [-0.2, -0.15) is 0 Å². The van der Waals surface area contributed by atoms with Crippen molar-refractivity contribution in [3.63, 3.8) is 0 Å². The van der Waals surface area contributed by atoms with E-state index in [1.807, 2.05) is 61.5 Å². The summed E-state index contributed by atoms with van der Waals surface area (Å²) in [5.41, 5.74) is 7.37. The number of H-pyrrole nitrogens is 1. The maximum atomic E-state index is 12.6. The van der Waals surface area contributed by atoms with E-state index in [0.29, 0.717) is 0 Å². The molecule has 0 unspecified atom stereocenters. The Hall–Kier alpha value is -4.06. The number of para-hydroxylation sites is 1. The molecule has 0 radical (unpaired) electrons. The minimum absolute atomic E-state index is 0.0805. The van der Waals surface area contributed by atoms with Gasteiger partial charge in [0.15, 0.2) is 0 Å². The van der Waals surface area contributed by atoms with Crippen LogP contribution in [-0.4, -0.2) is 34.8 Å². The fourth-order valence-corrected chi connectivity index (χ4v) is 4.74. The van der Waals surface area contributed by atoms with Crippen molar-refractivity contribution in [1.82, 2.24) is 10.3 Å². The highest BCUT2D eigenvalue weighted by atomic mass is 16.5. The van der Waals surface area contributed by atoms with Crippen LogP contribution in [0.15, 0.2) is 72.9 Å². The second-order valence-corrected chi connectivity index (χ2v) is 8.38. The number of hydrogen-bond acceptors (Lipinski definition) is 3. The van der Waals surface area contributed by atoms with Gasteiger partial charge in [0.1, 0.15) is 12.6 Å². The Labute approximate surface area is 191 Å². The third-order valence-electron chi connectivity index (χ3n) is 6.37. The minimum Gasteiger partial charge on any atom is -0.480 e. The van der Waals surface area contributed by atoms with Gasteiger partial charge in [-0.3, -0.25) is 0 Å². The van der Waals surface area contributed by atoms with Crippen molar-refractivity contribution in [1.29, 1.82) is 0 Å². The van der Waals surface area contributed by atoms with Crippen LogP contribution >= 0.6 is 0 Å². The van der Waals surface area contributed by atoms with Gasteiger partial charge in [0, 0.05) is 29.4 Å². The number of fused-ring (bicyclic) bond motifs is 4. The molecule has 3 N–H and O–H groups in total. The van der Waals surface area contributed by atoms with E-state index >= 15 is 0 Å². The summed E-state index contributed by atoms with van der Waals surface area (Å²) in [4.78, 5) is 27.7. The highest BCUT2D eigenvalue weighted by Crippen LogP contribution is 2.44. The predicted molar refractivity (Wildman–Crippen MR) is 126 cm³/mol. The van der Waals surface area contributed by atoms with E-state index < -0.39 is 18.1 Å². The quantitative estimate of drug-likeness (QED) is 0.393. The summed E-state index contributed by atoms with van der Waals surface area (Å²) in [5, 5.41) is 13.2. The van der Waals surface area contributed by atoms with E-state index in [4.69, 9.17) is 4.74 Å². The van der Waals surface area contributed by atoms with E-state index in [1.54, 1.807) is 6.20 Å². The lowest BCUT2D eigenvalue weighted by molar-refractivity contribution is -0.139. The molecule has 1 heterocycles. The molecule has 3 aromatic carbocycles. The number of aromatic nitrogens is 1. The number of aliphatic carboxylic acids is 1. The molecule has 6 nitrogen and oxygen atoms in total. The molecule has 1 amide bonds. The van der Waals surface area contributed by atoms with Crippen LogP contribution in [0.1, 0.15) is 28.2 Å². The number of carboxylic acid groups (broad SMARTS) is 1. The van der Waals surface area contributed by atoms with Gasteiger partial charge >= 0.3 is 12.1 Å². The third-order valence-corrected chi connectivity index (χ3v) is 6.37. The van der Waals surface area contributed by atoms with Gasteiger partial charge in [-0.15, -0.1) is 0 Å². The lowest BCUT2D eigenvalue weighted by Gasteiger charge is -2.17. The molecule has 6 heteroatoms. The maximum Gasteiger partial charge on any atom is 0.407 e. The van der Waals surface area contributed by atoms with Crippen molar-refractivity contribution in [2.45, 2.75) is 25.3 Å². The molecular formula is C27H24N2O4. The van der Waals surface area contributed by atoms with Gasteiger partial charge in [0.25, 0.3) is 0 Å². The molecule has 166 valence electrons. The van der Waals surface area contributed by atoms with Crippen LogP contribution in [0.4, 0.5) is 4.79 Å². The predicted octanol–water partition coefficient (Wildman–Crippen LogP) is 5.01. The smallest absolute Gasteiger partial charge is 0.407 e. The number of ether oxygens (including phenoxy) is 1. The highest BCUT2D eigenvalue weighted by Gasteiger charge is 2.30. The molecule has 1 atom stereocenters. The first kappa shape index (κ1) is 20.8. The molecule has 0 bridgehead atoms. The van der Waals surface area contributed by atoms with E-state index in [1.165, 1.54) is 0 Å². The number of aryl methyl sites for hydroxylation is 1. The summed E-state index contributed by atoms with van der Waals surface area (Å²) < 4.78 is 5.52. The van der Waals surface area contributed by atoms with Crippen molar-refractivity contribution in [3.8, 4) is 11.1 Å². The Morgan fingerprint density at radius 3 is 2.33 bits per heavy atom. The van der Waals surface area contributed by atoms with Crippen molar-refractivity contribution in [3.05, 3.63) is 95.2 Å². The summed E-state index contributed by atoms with van der Waals surface area (Å²) in [7, 11) is 0. The fraction of sp³-hybridized carbons (Fsp3) is 0.185. The molecule has 0 saturated carbocycles. The van der Waals surface area contributed by atoms with Crippen LogP contribution in [0.25, 0.3) is 22.0 Å². The molecule has 0 spiro atoms. The zero-order valence-corrected chi connectivity index (χ0v) is 18.2. The summed E-state index contributed by atoms with van der Waals surface area (Å²) in [6.45, 7) is 2.13. The second kappa shape index (κ2) is 8.47. The van der Waals surface area contributed by atoms with Gasteiger partial charge in [0.2, 0.25) is 0 Å². The van der Waals surface area contributed by atoms with Gasteiger partial charge < -0.3 is 20.1 Å². The number of alkyl carbamates (subject to hydrolysis) is 1. The first-order chi connectivity index (χ1) is 16.0. The topological polar surface area (TPSA) is 91.4 Å². The van der Waals surface area contributed by atoms with Crippen molar-refractivity contribution in [2.24, 2.45) is 0 Å². The van der Waals surface area contributed by atoms with E-state index in [0.717, 1.165) is 44.3 Å². The minimum atomic E-state index is -1.11. The number of nitrogens with one attached hydrogen (secondary N) is 2. The zero-order valence-electron chi connectivity index (χ0n) is 18.2. The van der Waals surface area contributed by atoms with Gasteiger partial charge in [-0.05, 0) is 40.3 Å². The zero-order chi connectivity index (χ0) is 22.9. The number of rotatable bonds is 6. The van der Waals surface area contributed by atoms with Crippen LogP contribution in [0.3, 0.4) is 0 Å². The average Bonchev–Trinajstić information content (AvgIpc) is 3.37. The molecule has 33 heavy (non-hydrogen) atoms. The van der Waals surface area contributed by atoms with Gasteiger partial charge in [-0.1, -0.05) is 66.7 Å². The van der Waals surface area contributed by atoms with Gasteiger partial charge in [-0.25, -0.2) is 9.59 Å². The Morgan fingerprint density at radius 2 is 1.67 bits per heavy atom. The number of carboxylic acids is 1. The molecule has 0 aliphatic heterocycles. The molecule has 1 aliphatic rings. The van der Waals surface area contributed by atoms with E-state index in [-0.39, 0.29) is 18.9 Å². The molecule has 4 aromatic rings. The summed E-state index contributed by atoms with van der Waals surface area (Å²) in [5.74, 6) is -1.19. The molecule has 5 rings (SSSR count). The highest BCUT2D eigenvalue weighted by molar-refractivity contribution is 5.87. The van der Waals surface area contributed by atoms with Crippen LogP contribution in [-0.2, 0) is 16.0 Å². The summed E-state index contributed by atoms with van der Waals surface area (Å²) >= 11 is 0. The van der Waals surface area contributed by atoms with Crippen molar-refractivity contribution >= 4 is 23.0 Å². The van der Waals surface area contributed by atoms with Crippen molar-refractivity contribution in [2.75, 3.05) is 6.61 Å². The van der Waals surface area contributed by atoms with E-state index in [2.05, 4.69) is 22.4 Å². The lowest BCUT2D eigenvalue weighted by atomic mass is 9.98. The summed E-state index contributed by atoms with van der Waals surface area (Å²) in [6.07, 6.45) is 1.22. The summed E-state index contributed by atoms with van der Waals surface area (Å²) in [6, 6.07) is 20.9. The molecular weight excluding hydrogens is 416 g/mol. The number of carbonyl (C=O) groups is 2. The van der Waals surface area contributed by atoms with Gasteiger partial charge in [0.05, 0.1) is 0 Å².